The van der Waals surface area contributed by atoms with Crippen LogP contribution in [0.3, 0.4) is 0 Å². The van der Waals surface area contributed by atoms with Gasteiger partial charge in [-0.05, 0) is 29.3 Å². The zero-order chi connectivity index (χ0) is 13.2. The number of non-ortho nitro benzene ring substituents is 1. The molecule has 0 bridgehead atoms. The standard InChI is InChI=1S/C15H11NO3/c17-16(18)14-7-5-11(6-8-14)15-9-12-3-1-2-4-13(12)10-19-15/h1-9H,10H2. The molecule has 4 nitrogen and oxygen atoms in total. The molecule has 0 atom stereocenters. The molecule has 0 amide bonds. The third-order valence-corrected chi connectivity index (χ3v) is 3.09. The van der Waals surface area contributed by atoms with Crippen LogP contribution in [0, 0.1) is 10.1 Å². The molecule has 0 aromatic heterocycles. The Kier molecular flexibility index (Phi) is 2.76. The molecule has 0 saturated carbocycles. The molecule has 2 aromatic rings. The number of hydrogen-bond acceptors (Lipinski definition) is 3. The van der Waals surface area contributed by atoms with Gasteiger partial charge in [0, 0.05) is 17.7 Å². The van der Waals surface area contributed by atoms with Crippen LogP contribution >= 0.6 is 0 Å². The molecule has 19 heavy (non-hydrogen) atoms. The van der Waals surface area contributed by atoms with E-state index >= 15 is 0 Å². The average Bonchev–Trinajstić information content (AvgIpc) is 2.47. The summed E-state index contributed by atoms with van der Waals surface area (Å²) >= 11 is 0. The van der Waals surface area contributed by atoms with Crippen molar-refractivity contribution in [3.05, 3.63) is 75.3 Å². The quantitative estimate of drug-likeness (QED) is 0.606. The summed E-state index contributed by atoms with van der Waals surface area (Å²) in [6, 6.07) is 14.4. The molecule has 0 unspecified atom stereocenters. The number of rotatable bonds is 2. The van der Waals surface area contributed by atoms with Crippen molar-refractivity contribution in [2.45, 2.75) is 6.61 Å². The molecular weight excluding hydrogens is 242 g/mol. The van der Waals surface area contributed by atoms with Crippen molar-refractivity contribution in [1.82, 2.24) is 0 Å². The van der Waals surface area contributed by atoms with Crippen LogP contribution in [0.4, 0.5) is 5.69 Å². The van der Waals surface area contributed by atoms with Gasteiger partial charge in [-0.2, -0.15) is 0 Å². The van der Waals surface area contributed by atoms with Crippen molar-refractivity contribution in [1.29, 1.82) is 0 Å². The predicted octanol–water partition coefficient (Wildman–Crippen LogP) is 3.62. The van der Waals surface area contributed by atoms with Gasteiger partial charge in [0.2, 0.25) is 0 Å². The topological polar surface area (TPSA) is 52.4 Å². The summed E-state index contributed by atoms with van der Waals surface area (Å²) in [6.07, 6.45) is 1.96. The third-order valence-electron chi connectivity index (χ3n) is 3.09. The van der Waals surface area contributed by atoms with Crippen LogP contribution in [0.25, 0.3) is 11.8 Å². The first-order chi connectivity index (χ1) is 9.24. The van der Waals surface area contributed by atoms with Crippen LogP contribution in [0.2, 0.25) is 0 Å². The Morgan fingerprint density at radius 1 is 1.05 bits per heavy atom. The molecular formula is C15H11NO3. The summed E-state index contributed by atoms with van der Waals surface area (Å²) in [5.74, 6) is 0.744. The second-order valence-electron chi connectivity index (χ2n) is 4.30. The highest BCUT2D eigenvalue weighted by Gasteiger charge is 2.13. The molecule has 4 heteroatoms. The highest BCUT2D eigenvalue weighted by atomic mass is 16.6. The van der Waals surface area contributed by atoms with Crippen LogP contribution < -0.4 is 0 Å². The van der Waals surface area contributed by atoms with Crippen LogP contribution in [0.1, 0.15) is 16.7 Å². The lowest BCUT2D eigenvalue weighted by molar-refractivity contribution is -0.384. The molecule has 0 radical (unpaired) electrons. The van der Waals surface area contributed by atoms with E-state index in [9.17, 15) is 10.1 Å². The Balaban J connectivity index is 1.95. The fraction of sp³-hybridized carbons (Fsp3) is 0.0667. The molecule has 0 aliphatic carbocycles. The zero-order valence-electron chi connectivity index (χ0n) is 10.1. The molecule has 3 rings (SSSR count). The maximum atomic E-state index is 10.6. The number of nitro groups is 1. The first kappa shape index (κ1) is 11.5. The summed E-state index contributed by atoms with van der Waals surface area (Å²) in [6.45, 7) is 0.527. The second kappa shape index (κ2) is 4.57. The van der Waals surface area contributed by atoms with Gasteiger partial charge in [0.1, 0.15) is 12.4 Å². The van der Waals surface area contributed by atoms with E-state index in [1.165, 1.54) is 12.1 Å². The Morgan fingerprint density at radius 3 is 2.53 bits per heavy atom. The van der Waals surface area contributed by atoms with E-state index in [0.29, 0.717) is 6.61 Å². The number of ether oxygens (including phenoxy) is 1. The third kappa shape index (κ3) is 2.20. The van der Waals surface area contributed by atoms with Crippen LogP contribution in [0.5, 0.6) is 0 Å². The fourth-order valence-electron chi connectivity index (χ4n) is 2.06. The molecule has 1 heterocycles. The number of nitrogens with zero attached hydrogens (tertiary/aromatic N) is 1. The summed E-state index contributed by atoms with van der Waals surface area (Å²) in [4.78, 5) is 10.2. The molecule has 1 aliphatic rings. The fourth-order valence-corrected chi connectivity index (χ4v) is 2.06. The van der Waals surface area contributed by atoms with Crippen molar-refractivity contribution in [3.63, 3.8) is 0 Å². The van der Waals surface area contributed by atoms with Crippen LogP contribution in [-0.2, 0) is 11.3 Å². The van der Waals surface area contributed by atoms with Gasteiger partial charge in [0.15, 0.2) is 0 Å². The molecule has 0 fully saturated rings. The smallest absolute Gasteiger partial charge is 0.269 e. The van der Waals surface area contributed by atoms with E-state index in [1.807, 2.05) is 30.3 Å². The normalized spacial score (nSPS) is 13.2. The lowest BCUT2D eigenvalue weighted by Gasteiger charge is -2.18. The Morgan fingerprint density at radius 2 is 1.79 bits per heavy atom. The number of nitro benzene ring substituents is 1. The van der Waals surface area contributed by atoms with Gasteiger partial charge in [-0.3, -0.25) is 10.1 Å². The van der Waals surface area contributed by atoms with Gasteiger partial charge < -0.3 is 4.74 Å². The maximum Gasteiger partial charge on any atom is 0.269 e. The van der Waals surface area contributed by atoms with Gasteiger partial charge in [-0.15, -0.1) is 0 Å². The number of fused-ring (bicyclic) bond motifs is 1. The molecule has 0 saturated heterocycles. The first-order valence-electron chi connectivity index (χ1n) is 5.91. The lowest BCUT2D eigenvalue weighted by atomic mass is 10.0. The van der Waals surface area contributed by atoms with Crippen LogP contribution in [-0.4, -0.2) is 4.92 Å². The molecule has 1 aliphatic heterocycles. The molecule has 0 spiro atoms. The summed E-state index contributed by atoms with van der Waals surface area (Å²) < 4.78 is 5.68. The maximum absolute atomic E-state index is 10.6. The SMILES string of the molecule is O=[N+]([O-])c1ccc(C2=Cc3ccccc3CO2)cc1. The van der Waals surface area contributed by atoms with Crippen LogP contribution in [0.15, 0.2) is 48.5 Å². The van der Waals surface area contributed by atoms with Crippen molar-refractivity contribution >= 4 is 17.5 Å². The van der Waals surface area contributed by atoms with E-state index < -0.39 is 4.92 Å². The summed E-state index contributed by atoms with van der Waals surface area (Å²) in [5.41, 5.74) is 3.20. The largest absolute Gasteiger partial charge is 0.488 e. The van der Waals surface area contributed by atoms with Gasteiger partial charge in [0.25, 0.3) is 5.69 Å². The van der Waals surface area contributed by atoms with E-state index in [1.54, 1.807) is 12.1 Å². The Labute approximate surface area is 110 Å². The Hall–Kier alpha value is -2.62. The molecule has 2 aromatic carbocycles. The first-order valence-corrected chi connectivity index (χ1v) is 5.91. The highest BCUT2D eigenvalue weighted by molar-refractivity contribution is 5.80. The Bertz CT molecular complexity index is 659. The van der Waals surface area contributed by atoms with Gasteiger partial charge in [-0.1, -0.05) is 24.3 Å². The zero-order valence-corrected chi connectivity index (χ0v) is 10.1. The molecule has 0 N–H and O–H groups in total. The van der Waals surface area contributed by atoms with Gasteiger partial charge >= 0.3 is 0 Å². The van der Waals surface area contributed by atoms with E-state index in [0.717, 1.165) is 22.4 Å². The van der Waals surface area contributed by atoms with Gasteiger partial charge in [0.05, 0.1) is 4.92 Å². The highest BCUT2D eigenvalue weighted by Crippen LogP contribution is 2.28. The van der Waals surface area contributed by atoms with E-state index in [2.05, 4.69) is 0 Å². The summed E-state index contributed by atoms with van der Waals surface area (Å²) in [5, 5.41) is 10.6. The monoisotopic (exact) mass is 253 g/mol. The minimum Gasteiger partial charge on any atom is -0.488 e. The van der Waals surface area contributed by atoms with Crippen molar-refractivity contribution in [2.75, 3.05) is 0 Å². The minimum absolute atomic E-state index is 0.0839. The van der Waals surface area contributed by atoms with Gasteiger partial charge in [-0.25, -0.2) is 0 Å². The predicted molar refractivity (Wildman–Crippen MR) is 72.2 cm³/mol. The summed E-state index contributed by atoms with van der Waals surface area (Å²) in [7, 11) is 0. The van der Waals surface area contributed by atoms with Crippen molar-refractivity contribution < 1.29 is 9.66 Å². The number of benzene rings is 2. The molecule has 94 valence electrons. The minimum atomic E-state index is -0.408. The second-order valence-corrected chi connectivity index (χ2v) is 4.30. The van der Waals surface area contributed by atoms with E-state index in [-0.39, 0.29) is 5.69 Å². The average molecular weight is 253 g/mol. The van der Waals surface area contributed by atoms with E-state index in [4.69, 9.17) is 4.74 Å². The number of hydrogen-bond donors (Lipinski definition) is 0. The lowest BCUT2D eigenvalue weighted by Crippen LogP contribution is -2.01. The van der Waals surface area contributed by atoms with Crippen molar-refractivity contribution in [3.8, 4) is 0 Å². The van der Waals surface area contributed by atoms with Crippen molar-refractivity contribution in [2.24, 2.45) is 0 Å².